The molecule has 190 valence electrons. The summed E-state index contributed by atoms with van der Waals surface area (Å²) in [5, 5.41) is 27.2. The van der Waals surface area contributed by atoms with Crippen molar-refractivity contribution in [1.82, 2.24) is 15.6 Å². The standard InChI is InChI=1S/C24H26FN5O6/c25-17-3-1-4-18-21(17)36-24(28-18)29-19(22(33)34)11-14-6-8-16(9-7-14)35-10-2-5-20(32)30-23-26-12-15(31)13-27-23/h1,3-4,6-9,15,19,31H,2,5,10-13H2,(H,28,29)(H,33,34)(H2,26,27,30,32)/t19-/m0/s1. The van der Waals surface area contributed by atoms with E-state index in [1.54, 1.807) is 30.3 Å². The fourth-order valence-corrected chi connectivity index (χ4v) is 3.52. The van der Waals surface area contributed by atoms with Crippen molar-refractivity contribution in [2.24, 2.45) is 4.99 Å². The van der Waals surface area contributed by atoms with E-state index in [1.807, 2.05) is 0 Å². The van der Waals surface area contributed by atoms with E-state index in [-0.39, 0.29) is 36.9 Å². The van der Waals surface area contributed by atoms with E-state index in [4.69, 9.17) is 9.15 Å². The molecule has 5 N–H and O–H groups in total. The number of halogens is 1. The molecule has 12 heteroatoms. The summed E-state index contributed by atoms with van der Waals surface area (Å²) in [5.41, 5.74) is 0.983. The Bertz CT molecular complexity index is 1250. The Kier molecular flexibility index (Phi) is 7.95. The minimum atomic E-state index is -1.11. The highest BCUT2D eigenvalue weighted by molar-refractivity contribution is 5.97. The Morgan fingerprint density at radius 3 is 2.75 bits per heavy atom. The molecule has 3 aromatic rings. The highest BCUT2D eigenvalue weighted by Gasteiger charge is 2.21. The number of para-hydroxylation sites is 1. The maximum absolute atomic E-state index is 13.8. The van der Waals surface area contributed by atoms with Gasteiger partial charge in [0.1, 0.15) is 17.3 Å². The highest BCUT2D eigenvalue weighted by Crippen LogP contribution is 2.23. The number of benzene rings is 2. The van der Waals surface area contributed by atoms with Gasteiger partial charge in [0.15, 0.2) is 17.4 Å². The molecular formula is C24H26FN5O6. The first-order valence-electron chi connectivity index (χ1n) is 11.4. The number of nitrogens with zero attached hydrogens (tertiary/aromatic N) is 2. The van der Waals surface area contributed by atoms with Crippen LogP contribution in [-0.2, 0) is 16.0 Å². The lowest BCUT2D eigenvalue weighted by molar-refractivity contribution is -0.138. The highest BCUT2D eigenvalue weighted by atomic mass is 19.1. The third kappa shape index (κ3) is 6.69. The number of carbonyl (C=O) groups is 2. The molecule has 0 bridgehead atoms. The van der Waals surface area contributed by atoms with Crippen LogP contribution < -0.4 is 20.7 Å². The number of aliphatic hydroxyl groups is 1. The molecule has 1 unspecified atom stereocenters. The van der Waals surface area contributed by atoms with Gasteiger partial charge in [-0.05, 0) is 36.2 Å². The summed E-state index contributed by atoms with van der Waals surface area (Å²) >= 11 is 0. The molecule has 2 heterocycles. The number of guanidine groups is 1. The number of ether oxygens (including phenoxy) is 1. The van der Waals surface area contributed by atoms with Gasteiger partial charge in [0.05, 0.1) is 19.3 Å². The molecule has 1 aliphatic rings. The predicted molar refractivity (Wildman–Crippen MR) is 128 cm³/mol. The number of hydrogen-bond acceptors (Lipinski definition) is 9. The Labute approximate surface area is 205 Å². The van der Waals surface area contributed by atoms with Crippen molar-refractivity contribution in [3.8, 4) is 5.75 Å². The molecule has 11 nitrogen and oxygen atoms in total. The number of anilines is 1. The van der Waals surface area contributed by atoms with Crippen LogP contribution in [0, 0.1) is 5.82 Å². The molecule has 0 radical (unpaired) electrons. The summed E-state index contributed by atoms with van der Waals surface area (Å²) in [6.07, 6.45) is 0.315. The van der Waals surface area contributed by atoms with Crippen LogP contribution in [0.2, 0.25) is 0 Å². The summed E-state index contributed by atoms with van der Waals surface area (Å²) in [4.78, 5) is 31.8. The van der Waals surface area contributed by atoms with Crippen LogP contribution >= 0.6 is 0 Å². The van der Waals surface area contributed by atoms with E-state index < -0.39 is 23.9 Å². The van der Waals surface area contributed by atoms with Crippen molar-refractivity contribution in [3.63, 3.8) is 0 Å². The zero-order valence-electron chi connectivity index (χ0n) is 19.2. The van der Waals surface area contributed by atoms with Gasteiger partial charge in [-0.15, -0.1) is 0 Å². The number of fused-ring (bicyclic) bond motifs is 1. The molecule has 0 fully saturated rings. The van der Waals surface area contributed by atoms with Gasteiger partial charge in [-0.2, -0.15) is 4.98 Å². The first kappa shape index (κ1) is 24.9. The van der Waals surface area contributed by atoms with E-state index >= 15 is 0 Å². The molecule has 1 aliphatic heterocycles. The Hall–Kier alpha value is -4.19. The number of rotatable bonds is 10. The second kappa shape index (κ2) is 11.5. The summed E-state index contributed by atoms with van der Waals surface area (Å²) < 4.78 is 24.8. The van der Waals surface area contributed by atoms with Crippen LogP contribution in [0.3, 0.4) is 0 Å². The maximum Gasteiger partial charge on any atom is 0.326 e. The number of hydrogen-bond donors (Lipinski definition) is 5. The quantitative estimate of drug-likeness (QED) is 0.262. The smallest absolute Gasteiger partial charge is 0.326 e. The van der Waals surface area contributed by atoms with Gasteiger partial charge in [0.25, 0.3) is 6.01 Å². The van der Waals surface area contributed by atoms with E-state index in [0.717, 1.165) is 5.56 Å². The van der Waals surface area contributed by atoms with Crippen molar-refractivity contribution in [1.29, 1.82) is 0 Å². The van der Waals surface area contributed by atoms with Crippen molar-refractivity contribution in [3.05, 3.63) is 53.8 Å². The SMILES string of the molecule is O=C(CCCOc1ccc(C[C@H](Nc2nc3cccc(F)c3o2)C(=O)O)cc1)NC1=NCC(O)CN1. The summed E-state index contributed by atoms with van der Waals surface area (Å²) in [5.74, 6) is -0.945. The second-order valence-electron chi connectivity index (χ2n) is 8.21. The van der Waals surface area contributed by atoms with Gasteiger partial charge < -0.3 is 30.0 Å². The van der Waals surface area contributed by atoms with Crippen LogP contribution in [0.25, 0.3) is 11.1 Å². The number of amides is 1. The number of aromatic nitrogens is 1. The number of aliphatic imine (C=N–C) groups is 1. The molecule has 0 saturated carbocycles. The summed E-state index contributed by atoms with van der Waals surface area (Å²) in [7, 11) is 0. The van der Waals surface area contributed by atoms with E-state index in [9.17, 15) is 24.2 Å². The largest absolute Gasteiger partial charge is 0.494 e. The summed E-state index contributed by atoms with van der Waals surface area (Å²) in [6.45, 7) is 0.916. The van der Waals surface area contributed by atoms with Crippen LogP contribution in [0.5, 0.6) is 5.75 Å². The minimum absolute atomic E-state index is 0.0395. The Morgan fingerprint density at radius 2 is 2.06 bits per heavy atom. The van der Waals surface area contributed by atoms with Crippen LogP contribution in [0.4, 0.5) is 10.4 Å². The fraction of sp³-hybridized carbons (Fsp3) is 0.333. The van der Waals surface area contributed by atoms with Crippen molar-refractivity contribution in [2.45, 2.75) is 31.4 Å². The minimum Gasteiger partial charge on any atom is -0.494 e. The molecule has 2 atom stereocenters. The molecule has 4 rings (SSSR count). The molecule has 0 spiro atoms. The number of oxazole rings is 1. The number of carboxylic acids is 1. The predicted octanol–water partition coefficient (Wildman–Crippen LogP) is 1.67. The lowest BCUT2D eigenvalue weighted by Crippen LogP contribution is -2.48. The van der Waals surface area contributed by atoms with Crippen LogP contribution in [0.15, 0.2) is 51.9 Å². The van der Waals surface area contributed by atoms with Gasteiger partial charge >= 0.3 is 5.97 Å². The third-order valence-electron chi connectivity index (χ3n) is 5.37. The lowest BCUT2D eigenvalue weighted by atomic mass is 10.1. The number of nitrogens with one attached hydrogen (secondary N) is 3. The summed E-state index contributed by atoms with van der Waals surface area (Å²) in [6, 6.07) is 10.1. The van der Waals surface area contributed by atoms with Gasteiger partial charge in [-0.3, -0.25) is 15.1 Å². The van der Waals surface area contributed by atoms with Gasteiger partial charge in [-0.25, -0.2) is 9.18 Å². The zero-order chi connectivity index (χ0) is 25.5. The fourth-order valence-electron chi connectivity index (χ4n) is 3.52. The van der Waals surface area contributed by atoms with Crippen LogP contribution in [-0.4, -0.2) is 64.9 Å². The second-order valence-corrected chi connectivity index (χ2v) is 8.21. The molecule has 36 heavy (non-hydrogen) atoms. The number of aliphatic carboxylic acids is 1. The zero-order valence-corrected chi connectivity index (χ0v) is 19.2. The van der Waals surface area contributed by atoms with Gasteiger partial charge in [-0.1, -0.05) is 18.2 Å². The molecule has 0 aliphatic carbocycles. The Morgan fingerprint density at radius 1 is 1.25 bits per heavy atom. The van der Waals surface area contributed by atoms with E-state index in [1.165, 1.54) is 12.1 Å². The van der Waals surface area contributed by atoms with Crippen molar-refractivity contribution >= 4 is 35.0 Å². The average molecular weight is 499 g/mol. The van der Waals surface area contributed by atoms with Crippen LogP contribution in [0.1, 0.15) is 18.4 Å². The number of carbonyl (C=O) groups excluding carboxylic acids is 1. The normalized spacial score (nSPS) is 16.1. The van der Waals surface area contributed by atoms with E-state index in [2.05, 4.69) is 25.9 Å². The number of β-amino-alcohol motifs (C(OH)–C–C–N with tert-alkyl or cyclic N) is 1. The van der Waals surface area contributed by atoms with Crippen molar-refractivity contribution < 1.29 is 33.3 Å². The Balaban J connectivity index is 1.23. The molecule has 1 amide bonds. The number of carboxylic acid groups (broad SMARTS) is 1. The lowest BCUT2D eigenvalue weighted by Gasteiger charge is -2.19. The third-order valence-corrected chi connectivity index (χ3v) is 5.37. The number of aliphatic hydroxyl groups excluding tert-OH is 1. The molecular weight excluding hydrogens is 473 g/mol. The average Bonchev–Trinajstić information content (AvgIpc) is 3.28. The van der Waals surface area contributed by atoms with Gasteiger partial charge in [0.2, 0.25) is 5.91 Å². The van der Waals surface area contributed by atoms with E-state index in [0.29, 0.717) is 36.8 Å². The molecule has 0 saturated heterocycles. The molecule has 2 aromatic carbocycles. The monoisotopic (exact) mass is 499 g/mol. The first-order chi connectivity index (χ1) is 17.4. The van der Waals surface area contributed by atoms with Crippen molar-refractivity contribution in [2.75, 3.05) is 25.0 Å². The first-order valence-corrected chi connectivity index (χ1v) is 11.4. The molecule has 1 aromatic heterocycles. The maximum atomic E-state index is 13.8. The van der Waals surface area contributed by atoms with Gasteiger partial charge in [0, 0.05) is 19.4 Å². The topological polar surface area (TPSA) is 158 Å².